The number of hydrogen-bond donors (Lipinski definition) is 1. The van der Waals surface area contributed by atoms with Crippen LogP contribution in [0.5, 0.6) is 5.88 Å². The van der Waals surface area contributed by atoms with E-state index in [-0.39, 0.29) is 19.0 Å². The van der Waals surface area contributed by atoms with Crippen LogP contribution >= 0.6 is 0 Å². The highest BCUT2D eigenvalue weighted by Gasteiger charge is 2.11. The Kier molecular flexibility index (Phi) is 4.10. The molecule has 1 aromatic heterocycles. The van der Waals surface area contributed by atoms with Crippen molar-refractivity contribution in [3.63, 3.8) is 0 Å². The SMILES string of the molecule is O=c1cc(O)n(Cc2ccccc2)c(=O)n1Cc1ccccc1. The molecule has 0 amide bonds. The first-order valence-corrected chi connectivity index (χ1v) is 7.26. The topological polar surface area (TPSA) is 64.2 Å². The van der Waals surface area contributed by atoms with Crippen molar-refractivity contribution in [1.82, 2.24) is 9.13 Å². The average molecular weight is 308 g/mol. The van der Waals surface area contributed by atoms with Crippen molar-refractivity contribution in [3.05, 3.63) is 98.7 Å². The van der Waals surface area contributed by atoms with Crippen molar-refractivity contribution in [2.45, 2.75) is 13.1 Å². The standard InChI is InChI=1S/C18H16N2O3/c21-16-11-17(22)20(13-15-9-5-2-6-10-15)18(23)19(16)12-14-7-3-1-4-8-14/h1-11,21H,12-13H2. The van der Waals surface area contributed by atoms with E-state index >= 15 is 0 Å². The maximum atomic E-state index is 12.6. The van der Waals surface area contributed by atoms with Crippen LogP contribution in [-0.2, 0) is 13.1 Å². The molecule has 1 N–H and O–H groups in total. The van der Waals surface area contributed by atoms with Gasteiger partial charge in [0.2, 0.25) is 5.88 Å². The van der Waals surface area contributed by atoms with Gasteiger partial charge in [-0.1, -0.05) is 60.7 Å². The molecule has 0 aliphatic rings. The van der Waals surface area contributed by atoms with Crippen LogP contribution in [0, 0.1) is 0 Å². The number of rotatable bonds is 4. The lowest BCUT2D eigenvalue weighted by molar-refractivity contribution is 0.400. The fraction of sp³-hybridized carbons (Fsp3) is 0.111. The molecule has 116 valence electrons. The third-order valence-corrected chi connectivity index (χ3v) is 3.62. The Balaban J connectivity index is 2.03. The summed E-state index contributed by atoms with van der Waals surface area (Å²) in [5.74, 6) is -0.326. The second kappa shape index (κ2) is 6.36. The minimum absolute atomic E-state index is 0.174. The van der Waals surface area contributed by atoms with E-state index in [9.17, 15) is 14.7 Å². The van der Waals surface area contributed by atoms with Gasteiger partial charge < -0.3 is 5.11 Å². The number of benzene rings is 2. The number of aromatic hydroxyl groups is 1. The Labute approximate surface area is 132 Å². The highest BCUT2D eigenvalue weighted by Crippen LogP contribution is 2.07. The van der Waals surface area contributed by atoms with Crippen molar-refractivity contribution < 1.29 is 5.11 Å². The van der Waals surface area contributed by atoms with Crippen LogP contribution in [0.2, 0.25) is 0 Å². The lowest BCUT2D eigenvalue weighted by Crippen LogP contribution is -2.39. The highest BCUT2D eigenvalue weighted by atomic mass is 16.3. The third-order valence-electron chi connectivity index (χ3n) is 3.62. The van der Waals surface area contributed by atoms with Gasteiger partial charge in [-0.3, -0.25) is 13.9 Å². The summed E-state index contributed by atoms with van der Waals surface area (Å²) >= 11 is 0. The molecule has 0 atom stereocenters. The molecule has 1 heterocycles. The van der Waals surface area contributed by atoms with Crippen LogP contribution in [0.15, 0.2) is 76.3 Å². The molecule has 2 aromatic carbocycles. The van der Waals surface area contributed by atoms with Crippen molar-refractivity contribution >= 4 is 0 Å². The van der Waals surface area contributed by atoms with E-state index in [4.69, 9.17) is 0 Å². The predicted octanol–water partition coefficient (Wildman–Crippen LogP) is 1.81. The molecule has 3 rings (SSSR count). The fourth-order valence-electron chi connectivity index (χ4n) is 2.43. The van der Waals surface area contributed by atoms with Crippen LogP contribution < -0.4 is 11.2 Å². The maximum absolute atomic E-state index is 12.6. The van der Waals surface area contributed by atoms with Crippen molar-refractivity contribution in [3.8, 4) is 5.88 Å². The van der Waals surface area contributed by atoms with E-state index in [2.05, 4.69) is 0 Å². The average Bonchev–Trinajstić information content (AvgIpc) is 2.57. The van der Waals surface area contributed by atoms with Gasteiger partial charge in [0.25, 0.3) is 5.56 Å². The lowest BCUT2D eigenvalue weighted by atomic mass is 10.2. The van der Waals surface area contributed by atoms with Crippen LogP contribution in [-0.4, -0.2) is 14.2 Å². The second-order valence-corrected chi connectivity index (χ2v) is 5.27. The molecule has 0 unspecified atom stereocenters. The number of aromatic nitrogens is 2. The number of hydrogen-bond acceptors (Lipinski definition) is 3. The molecule has 5 heteroatoms. The summed E-state index contributed by atoms with van der Waals surface area (Å²) in [6.45, 7) is 0.383. The fourth-order valence-corrected chi connectivity index (χ4v) is 2.43. The smallest absolute Gasteiger partial charge is 0.334 e. The molecule has 23 heavy (non-hydrogen) atoms. The van der Waals surface area contributed by atoms with Gasteiger partial charge in [0.15, 0.2) is 0 Å². The second-order valence-electron chi connectivity index (χ2n) is 5.27. The molecular weight excluding hydrogens is 292 g/mol. The van der Waals surface area contributed by atoms with Crippen molar-refractivity contribution in [2.75, 3.05) is 0 Å². The van der Waals surface area contributed by atoms with E-state index in [0.717, 1.165) is 21.8 Å². The summed E-state index contributed by atoms with van der Waals surface area (Å²) in [5, 5.41) is 9.97. The Morgan fingerprint density at radius 3 is 1.74 bits per heavy atom. The van der Waals surface area contributed by atoms with E-state index in [1.807, 2.05) is 60.7 Å². The molecule has 0 aliphatic carbocycles. The van der Waals surface area contributed by atoms with Gasteiger partial charge in [0, 0.05) is 0 Å². The first-order valence-electron chi connectivity index (χ1n) is 7.26. The van der Waals surface area contributed by atoms with Crippen molar-refractivity contribution in [2.24, 2.45) is 0 Å². The van der Waals surface area contributed by atoms with Gasteiger partial charge >= 0.3 is 5.69 Å². The monoisotopic (exact) mass is 308 g/mol. The van der Waals surface area contributed by atoms with Crippen LogP contribution in [0.1, 0.15) is 11.1 Å². The quantitative estimate of drug-likeness (QED) is 0.799. The molecule has 5 nitrogen and oxygen atoms in total. The van der Waals surface area contributed by atoms with Gasteiger partial charge in [-0.15, -0.1) is 0 Å². The normalized spacial score (nSPS) is 10.6. The largest absolute Gasteiger partial charge is 0.494 e. The Morgan fingerprint density at radius 1 is 0.739 bits per heavy atom. The van der Waals surface area contributed by atoms with Crippen LogP contribution in [0.4, 0.5) is 0 Å². The summed E-state index contributed by atoms with van der Waals surface area (Å²) in [4.78, 5) is 24.6. The van der Waals surface area contributed by atoms with Gasteiger partial charge in [-0.05, 0) is 11.1 Å². The minimum atomic E-state index is -0.525. The lowest BCUT2D eigenvalue weighted by Gasteiger charge is -2.12. The molecule has 0 bridgehead atoms. The molecule has 0 aliphatic heterocycles. The zero-order valence-electron chi connectivity index (χ0n) is 12.4. The predicted molar refractivity (Wildman–Crippen MR) is 87.7 cm³/mol. The first-order chi connectivity index (χ1) is 11.1. The molecular formula is C18H16N2O3. The maximum Gasteiger partial charge on any atom is 0.334 e. The first kappa shape index (κ1) is 14.8. The summed E-state index contributed by atoms with van der Waals surface area (Å²) in [6.07, 6.45) is 0. The minimum Gasteiger partial charge on any atom is -0.494 e. The molecule has 0 saturated carbocycles. The Hall–Kier alpha value is -3.08. The van der Waals surface area contributed by atoms with Crippen LogP contribution in [0.25, 0.3) is 0 Å². The van der Waals surface area contributed by atoms with Crippen LogP contribution in [0.3, 0.4) is 0 Å². The molecule has 0 saturated heterocycles. The third kappa shape index (κ3) is 3.23. The zero-order chi connectivity index (χ0) is 16.2. The Bertz CT molecular complexity index is 912. The summed E-state index contributed by atoms with van der Waals surface area (Å²) in [7, 11) is 0. The zero-order valence-corrected chi connectivity index (χ0v) is 12.4. The van der Waals surface area contributed by atoms with Gasteiger partial charge in [-0.2, -0.15) is 0 Å². The molecule has 0 radical (unpaired) electrons. The van der Waals surface area contributed by atoms with E-state index in [0.29, 0.717) is 0 Å². The summed E-state index contributed by atoms with van der Waals surface area (Å²) in [5.41, 5.74) is 0.682. The summed E-state index contributed by atoms with van der Waals surface area (Å²) < 4.78 is 2.32. The highest BCUT2D eigenvalue weighted by molar-refractivity contribution is 5.19. The van der Waals surface area contributed by atoms with E-state index in [1.54, 1.807) is 0 Å². The number of nitrogens with zero attached hydrogens (tertiary/aromatic N) is 2. The van der Waals surface area contributed by atoms with Crippen molar-refractivity contribution in [1.29, 1.82) is 0 Å². The van der Waals surface area contributed by atoms with Gasteiger partial charge in [0.1, 0.15) is 0 Å². The molecule has 0 spiro atoms. The molecule has 0 fully saturated rings. The molecule has 3 aromatic rings. The van der Waals surface area contributed by atoms with E-state index < -0.39 is 11.2 Å². The van der Waals surface area contributed by atoms with Gasteiger partial charge in [-0.25, -0.2) is 4.79 Å². The Morgan fingerprint density at radius 2 is 1.22 bits per heavy atom. The van der Waals surface area contributed by atoms with Gasteiger partial charge in [0.05, 0.1) is 19.2 Å². The van der Waals surface area contributed by atoms with E-state index in [1.165, 1.54) is 4.57 Å². The summed E-state index contributed by atoms with van der Waals surface area (Å²) in [6, 6.07) is 19.7.